The Morgan fingerprint density at radius 3 is 2.17 bits per heavy atom. The molecule has 122 valence electrons. The Labute approximate surface area is 135 Å². The van der Waals surface area contributed by atoms with Crippen LogP contribution >= 0.6 is 0 Å². The lowest BCUT2D eigenvalue weighted by Crippen LogP contribution is -2.22. The van der Waals surface area contributed by atoms with Crippen LogP contribution in [0.2, 0.25) is 0 Å². The number of anilines is 1. The number of nitrogens with zero attached hydrogens (tertiary/aromatic N) is 2. The number of nitro groups is 1. The standard InChI is InChI=1S/C16H18N2O4S/c1-12(13-8-10-14(11-9-13)23(3,21)22)17(2)15-6-4-5-7-16(15)18(19)20/h4-12H,1-3H3/t12-/m1/s1. The lowest BCUT2D eigenvalue weighted by Gasteiger charge is -2.27. The van der Waals surface area contributed by atoms with Gasteiger partial charge in [-0.1, -0.05) is 24.3 Å². The van der Waals surface area contributed by atoms with Gasteiger partial charge in [-0.3, -0.25) is 10.1 Å². The quantitative estimate of drug-likeness (QED) is 0.619. The maximum Gasteiger partial charge on any atom is 0.292 e. The van der Waals surface area contributed by atoms with E-state index in [0.29, 0.717) is 5.69 Å². The Hall–Kier alpha value is -2.41. The Morgan fingerprint density at radius 1 is 1.09 bits per heavy atom. The molecule has 2 rings (SSSR count). The number of rotatable bonds is 5. The minimum Gasteiger partial charge on any atom is -0.362 e. The lowest BCUT2D eigenvalue weighted by molar-refractivity contribution is -0.384. The van der Waals surface area contributed by atoms with E-state index < -0.39 is 14.8 Å². The van der Waals surface area contributed by atoms with Crippen LogP contribution in [0.25, 0.3) is 0 Å². The van der Waals surface area contributed by atoms with Crippen molar-refractivity contribution in [1.29, 1.82) is 0 Å². The van der Waals surface area contributed by atoms with Gasteiger partial charge in [0.05, 0.1) is 15.9 Å². The monoisotopic (exact) mass is 334 g/mol. The first kappa shape index (κ1) is 17.0. The summed E-state index contributed by atoms with van der Waals surface area (Å²) in [6.45, 7) is 1.91. The molecule has 2 aromatic carbocycles. The molecular weight excluding hydrogens is 316 g/mol. The molecule has 0 N–H and O–H groups in total. The highest BCUT2D eigenvalue weighted by Gasteiger charge is 2.21. The summed E-state index contributed by atoms with van der Waals surface area (Å²) in [6, 6.07) is 12.9. The van der Waals surface area contributed by atoms with Crippen LogP contribution in [0.5, 0.6) is 0 Å². The van der Waals surface area contributed by atoms with E-state index >= 15 is 0 Å². The molecule has 0 heterocycles. The molecule has 0 fully saturated rings. The third kappa shape index (κ3) is 3.68. The predicted molar refractivity (Wildman–Crippen MR) is 89.5 cm³/mol. The van der Waals surface area contributed by atoms with Gasteiger partial charge in [0.15, 0.2) is 9.84 Å². The summed E-state index contributed by atoms with van der Waals surface area (Å²) in [5, 5.41) is 11.2. The maximum atomic E-state index is 11.5. The Morgan fingerprint density at radius 2 is 1.65 bits per heavy atom. The molecule has 0 spiro atoms. The molecule has 0 aliphatic heterocycles. The van der Waals surface area contributed by atoms with Crippen LogP contribution < -0.4 is 4.90 Å². The van der Waals surface area contributed by atoms with Gasteiger partial charge < -0.3 is 4.90 Å². The van der Waals surface area contributed by atoms with Crippen molar-refractivity contribution in [2.75, 3.05) is 18.2 Å². The molecule has 0 aliphatic rings. The molecule has 0 bridgehead atoms. The van der Waals surface area contributed by atoms with E-state index in [2.05, 4.69) is 0 Å². The average Bonchev–Trinajstić information content (AvgIpc) is 2.52. The van der Waals surface area contributed by atoms with Crippen LogP contribution in [-0.2, 0) is 9.84 Å². The van der Waals surface area contributed by atoms with Gasteiger partial charge in [0, 0.05) is 19.4 Å². The molecule has 2 aromatic rings. The molecule has 0 saturated carbocycles. The first-order valence-corrected chi connectivity index (χ1v) is 8.87. The molecule has 7 heteroatoms. The summed E-state index contributed by atoms with van der Waals surface area (Å²) >= 11 is 0. The number of benzene rings is 2. The number of nitro benzene ring substituents is 1. The predicted octanol–water partition coefficient (Wildman–Crippen LogP) is 3.20. The molecule has 0 aromatic heterocycles. The van der Waals surface area contributed by atoms with Gasteiger partial charge in [0.25, 0.3) is 5.69 Å². The zero-order valence-corrected chi connectivity index (χ0v) is 13.9. The fraction of sp³-hybridized carbons (Fsp3) is 0.250. The molecule has 6 nitrogen and oxygen atoms in total. The SMILES string of the molecule is C[C@H](c1ccc(S(C)(=O)=O)cc1)N(C)c1ccccc1[N+](=O)[O-]. The summed E-state index contributed by atoms with van der Waals surface area (Å²) in [4.78, 5) is 12.8. The van der Waals surface area contributed by atoms with Crippen molar-refractivity contribution in [1.82, 2.24) is 0 Å². The Bertz CT molecular complexity index is 816. The molecule has 0 saturated heterocycles. The van der Waals surface area contributed by atoms with Gasteiger partial charge in [-0.25, -0.2) is 8.42 Å². The molecular formula is C16H18N2O4S. The van der Waals surface area contributed by atoms with Gasteiger partial charge in [0.1, 0.15) is 5.69 Å². The third-order valence-electron chi connectivity index (χ3n) is 3.83. The molecule has 0 aliphatic carbocycles. The van der Waals surface area contributed by atoms with E-state index in [-0.39, 0.29) is 16.6 Å². The molecule has 1 atom stereocenters. The zero-order chi connectivity index (χ0) is 17.2. The fourth-order valence-corrected chi connectivity index (χ4v) is 2.97. The van der Waals surface area contributed by atoms with Crippen LogP contribution in [0.4, 0.5) is 11.4 Å². The highest BCUT2D eigenvalue weighted by molar-refractivity contribution is 7.90. The molecule has 0 unspecified atom stereocenters. The second-order valence-corrected chi connectivity index (χ2v) is 7.39. The van der Waals surface area contributed by atoms with Crippen LogP contribution in [0.15, 0.2) is 53.4 Å². The van der Waals surface area contributed by atoms with Crippen LogP contribution in [0.3, 0.4) is 0 Å². The Kier molecular flexibility index (Phi) is 4.70. The van der Waals surface area contributed by atoms with Gasteiger partial charge in [-0.2, -0.15) is 0 Å². The van der Waals surface area contributed by atoms with E-state index in [4.69, 9.17) is 0 Å². The minimum atomic E-state index is -3.24. The summed E-state index contributed by atoms with van der Waals surface area (Å²) < 4.78 is 23.0. The van der Waals surface area contributed by atoms with Gasteiger partial charge in [0.2, 0.25) is 0 Å². The van der Waals surface area contributed by atoms with E-state index in [9.17, 15) is 18.5 Å². The van der Waals surface area contributed by atoms with Crippen LogP contribution in [-0.4, -0.2) is 26.6 Å². The molecule has 0 amide bonds. The second kappa shape index (κ2) is 6.37. The lowest BCUT2D eigenvalue weighted by atomic mass is 10.1. The van der Waals surface area contributed by atoms with Crippen molar-refractivity contribution in [3.63, 3.8) is 0 Å². The van der Waals surface area contributed by atoms with Gasteiger partial charge >= 0.3 is 0 Å². The summed E-state index contributed by atoms with van der Waals surface area (Å²) in [7, 11) is -1.46. The number of para-hydroxylation sites is 2. The number of sulfone groups is 1. The van der Waals surface area contributed by atoms with E-state index in [1.54, 1.807) is 54.4 Å². The summed E-state index contributed by atoms with van der Waals surface area (Å²) in [5.74, 6) is 0. The van der Waals surface area contributed by atoms with Crippen LogP contribution in [0, 0.1) is 10.1 Å². The first-order chi connectivity index (χ1) is 10.7. The van der Waals surface area contributed by atoms with Gasteiger partial charge in [-0.05, 0) is 30.7 Å². The maximum absolute atomic E-state index is 11.5. The van der Waals surface area contributed by atoms with E-state index in [0.717, 1.165) is 11.8 Å². The van der Waals surface area contributed by atoms with E-state index in [1.165, 1.54) is 6.07 Å². The van der Waals surface area contributed by atoms with Crippen LogP contribution in [0.1, 0.15) is 18.5 Å². The van der Waals surface area contributed by atoms with Gasteiger partial charge in [-0.15, -0.1) is 0 Å². The fourth-order valence-electron chi connectivity index (χ4n) is 2.34. The van der Waals surface area contributed by atoms with Crippen molar-refractivity contribution in [3.8, 4) is 0 Å². The third-order valence-corrected chi connectivity index (χ3v) is 4.96. The van der Waals surface area contributed by atoms with Crippen molar-refractivity contribution in [2.45, 2.75) is 17.9 Å². The largest absolute Gasteiger partial charge is 0.362 e. The topological polar surface area (TPSA) is 80.5 Å². The van der Waals surface area contributed by atoms with Crippen molar-refractivity contribution >= 4 is 21.2 Å². The molecule has 23 heavy (non-hydrogen) atoms. The smallest absolute Gasteiger partial charge is 0.292 e. The number of hydrogen-bond donors (Lipinski definition) is 0. The van der Waals surface area contributed by atoms with Crippen molar-refractivity contribution in [2.24, 2.45) is 0 Å². The van der Waals surface area contributed by atoms with Crippen molar-refractivity contribution < 1.29 is 13.3 Å². The second-order valence-electron chi connectivity index (χ2n) is 5.37. The highest BCUT2D eigenvalue weighted by atomic mass is 32.2. The Balaban J connectivity index is 2.33. The summed E-state index contributed by atoms with van der Waals surface area (Å²) in [5.41, 5.74) is 1.42. The van der Waals surface area contributed by atoms with Crippen molar-refractivity contribution in [3.05, 3.63) is 64.2 Å². The first-order valence-electron chi connectivity index (χ1n) is 6.98. The normalized spacial score (nSPS) is 12.7. The van der Waals surface area contributed by atoms with E-state index in [1.807, 2.05) is 6.92 Å². The zero-order valence-electron chi connectivity index (χ0n) is 13.1. The summed E-state index contributed by atoms with van der Waals surface area (Å²) in [6.07, 6.45) is 1.16. The average molecular weight is 334 g/mol. The molecule has 0 radical (unpaired) electrons. The minimum absolute atomic E-state index is 0.0367. The highest BCUT2D eigenvalue weighted by Crippen LogP contribution is 2.32. The number of hydrogen-bond acceptors (Lipinski definition) is 5.